The lowest BCUT2D eigenvalue weighted by atomic mass is 10.2. The maximum atomic E-state index is 5.93. The molecule has 0 bridgehead atoms. The van der Waals surface area contributed by atoms with Crippen LogP contribution in [0.5, 0.6) is 5.75 Å². The average Bonchev–Trinajstić information content (AvgIpc) is 2.74. The van der Waals surface area contributed by atoms with E-state index < -0.39 is 0 Å². The van der Waals surface area contributed by atoms with Gasteiger partial charge in [0.15, 0.2) is 0 Å². The van der Waals surface area contributed by atoms with Crippen LogP contribution in [0.25, 0.3) is 0 Å². The average molecular weight is 290 g/mol. The van der Waals surface area contributed by atoms with Crippen molar-refractivity contribution in [1.29, 1.82) is 0 Å². The summed E-state index contributed by atoms with van der Waals surface area (Å²) in [4.78, 5) is 5.77. The molecule has 1 aromatic carbocycles. The van der Waals surface area contributed by atoms with Crippen LogP contribution in [0.15, 0.2) is 24.3 Å². The third kappa shape index (κ3) is 4.05. The van der Waals surface area contributed by atoms with Crippen molar-refractivity contribution in [2.75, 3.05) is 0 Å². The van der Waals surface area contributed by atoms with Gasteiger partial charge in [0.25, 0.3) is 0 Å². The van der Waals surface area contributed by atoms with Crippen molar-refractivity contribution < 1.29 is 4.74 Å². The van der Waals surface area contributed by atoms with Gasteiger partial charge in [-0.1, -0.05) is 32.0 Å². The first-order valence-corrected chi connectivity index (χ1v) is 7.75. The van der Waals surface area contributed by atoms with Crippen molar-refractivity contribution in [3.8, 4) is 5.75 Å². The molecular formula is C16H22N2OS. The Kier molecular flexibility index (Phi) is 5.15. The molecule has 0 aliphatic carbocycles. The van der Waals surface area contributed by atoms with Crippen molar-refractivity contribution in [3.05, 3.63) is 45.4 Å². The Hall–Kier alpha value is -1.39. The third-order valence-electron chi connectivity index (χ3n) is 3.10. The molecule has 2 rings (SSSR count). The zero-order valence-electron chi connectivity index (χ0n) is 12.6. The number of hydrogen-bond acceptors (Lipinski definition) is 4. The molecule has 3 nitrogen and oxygen atoms in total. The second kappa shape index (κ2) is 6.86. The summed E-state index contributed by atoms with van der Waals surface area (Å²) in [5.74, 6) is 0.936. The van der Waals surface area contributed by atoms with Crippen LogP contribution in [0.1, 0.15) is 35.0 Å². The highest BCUT2D eigenvalue weighted by molar-refractivity contribution is 7.11. The van der Waals surface area contributed by atoms with Gasteiger partial charge in [-0.25, -0.2) is 4.98 Å². The molecule has 0 spiro atoms. The minimum atomic E-state index is 0.465. The number of thiazole rings is 1. The second-order valence-electron chi connectivity index (χ2n) is 5.18. The van der Waals surface area contributed by atoms with E-state index in [0.717, 1.165) is 23.0 Å². The van der Waals surface area contributed by atoms with Gasteiger partial charge in [0.1, 0.15) is 17.4 Å². The molecule has 20 heavy (non-hydrogen) atoms. The SMILES string of the molecule is Cc1nc(COc2ccccc2CNC(C)C)sc1C. The lowest BCUT2D eigenvalue weighted by Gasteiger charge is -2.13. The molecule has 0 fully saturated rings. The Morgan fingerprint density at radius 2 is 2.00 bits per heavy atom. The summed E-state index contributed by atoms with van der Waals surface area (Å²) >= 11 is 1.71. The van der Waals surface area contributed by atoms with E-state index in [9.17, 15) is 0 Å². The Morgan fingerprint density at radius 3 is 2.65 bits per heavy atom. The van der Waals surface area contributed by atoms with Crippen molar-refractivity contribution in [2.24, 2.45) is 0 Å². The van der Waals surface area contributed by atoms with E-state index >= 15 is 0 Å². The summed E-state index contributed by atoms with van der Waals surface area (Å²) < 4.78 is 5.93. The number of nitrogens with zero attached hydrogens (tertiary/aromatic N) is 1. The van der Waals surface area contributed by atoms with Crippen molar-refractivity contribution in [2.45, 2.75) is 46.9 Å². The fourth-order valence-electron chi connectivity index (χ4n) is 1.85. The molecule has 0 aliphatic heterocycles. The molecule has 0 atom stereocenters. The number of benzene rings is 1. The molecule has 4 heteroatoms. The largest absolute Gasteiger partial charge is 0.486 e. The zero-order chi connectivity index (χ0) is 14.5. The standard InChI is InChI=1S/C16H22N2OS/c1-11(2)17-9-14-7-5-6-8-15(14)19-10-16-18-12(3)13(4)20-16/h5-8,11,17H,9-10H2,1-4H3. The highest BCUT2D eigenvalue weighted by Crippen LogP contribution is 2.22. The summed E-state index contributed by atoms with van der Waals surface area (Å²) in [6.45, 7) is 9.78. The van der Waals surface area contributed by atoms with E-state index in [1.807, 2.05) is 25.1 Å². The van der Waals surface area contributed by atoms with Crippen LogP contribution in [0.3, 0.4) is 0 Å². The molecular weight excluding hydrogens is 268 g/mol. The van der Waals surface area contributed by atoms with Crippen LogP contribution < -0.4 is 10.1 Å². The van der Waals surface area contributed by atoms with E-state index in [-0.39, 0.29) is 0 Å². The Balaban J connectivity index is 2.01. The summed E-state index contributed by atoms with van der Waals surface area (Å²) in [7, 11) is 0. The Bertz CT molecular complexity index is 544. The Morgan fingerprint density at radius 1 is 1.25 bits per heavy atom. The van der Waals surface area contributed by atoms with Crippen LogP contribution >= 0.6 is 11.3 Å². The molecule has 0 radical (unpaired) electrons. The molecule has 0 saturated heterocycles. The predicted octanol–water partition coefficient (Wildman–Crippen LogP) is 3.84. The first kappa shape index (κ1) is 15.0. The van der Waals surface area contributed by atoms with E-state index in [1.165, 1.54) is 10.4 Å². The molecule has 0 amide bonds. The first-order valence-electron chi connectivity index (χ1n) is 6.93. The summed E-state index contributed by atoms with van der Waals surface area (Å²) in [6.07, 6.45) is 0. The molecule has 1 aromatic heterocycles. The summed E-state index contributed by atoms with van der Waals surface area (Å²) in [5.41, 5.74) is 2.29. The molecule has 1 heterocycles. The third-order valence-corrected chi connectivity index (χ3v) is 4.14. The van der Waals surface area contributed by atoms with E-state index in [1.54, 1.807) is 11.3 Å². The number of hydrogen-bond donors (Lipinski definition) is 1. The maximum Gasteiger partial charge on any atom is 0.140 e. The molecule has 108 valence electrons. The lowest BCUT2D eigenvalue weighted by Crippen LogP contribution is -2.22. The first-order chi connectivity index (χ1) is 9.56. The van der Waals surface area contributed by atoms with E-state index in [2.05, 4.69) is 37.1 Å². The fraction of sp³-hybridized carbons (Fsp3) is 0.438. The number of aryl methyl sites for hydroxylation is 2. The quantitative estimate of drug-likeness (QED) is 0.877. The highest BCUT2D eigenvalue weighted by atomic mass is 32.1. The van der Waals surface area contributed by atoms with Crippen molar-refractivity contribution in [1.82, 2.24) is 10.3 Å². The normalized spacial score (nSPS) is 11.1. The van der Waals surface area contributed by atoms with E-state index in [4.69, 9.17) is 4.74 Å². The van der Waals surface area contributed by atoms with Gasteiger partial charge in [0, 0.05) is 23.0 Å². The summed E-state index contributed by atoms with van der Waals surface area (Å²) in [6, 6.07) is 8.63. The second-order valence-corrected chi connectivity index (χ2v) is 6.47. The van der Waals surface area contributed by atoms with Gasteiger partial charge < -0.3 is 10.1 Å². The topological polar surface area (TPSA) is 34.1 Å². The number of rotatable bonds is 6. The lowest BCUT2D eigenvalue weighted by molar-refractivity contribution is 0.301. The van der Waals surface area contributed by atoms with Crippen LogP contribution in [0.2, 0.25) is 0 Å². The number of ether oxygens (including phenoxy) is 1. The highest BCUT2D eigenvalue weighted by Gasteiger charge is 2.07. The molecule has 0 saturated carbocycles. The van der Waals surface area contributed by atoms with Crippen molar-refractivity contribution in [3.63, 3.8) is 0 Å². The van der Waals surface area contributed by atoms with Crippen LogP contribution in [0.4, 0.5) is 0 Å². The summed E-state index contributed by atoms with van der Waals surface area (Å²) in [5, 5.41) is 4.45. The predicted molar refractivity (Wildman–Crippen MR) is 84.3 cm³/mol. The fourth-order valence-corrected chi connectivity index (χ4v) is 2.69. The maximum absolute atomic E-state index is 5.93. The minimum absolute atomic E-state index is 0.465. The van der Waals surface area contributed by atoms with Gasteiger partial charge in [-0.2, -0.15) is 0 Å². The van der Waals surface area contributed by atoms with Crippen LogP contribution in [-0.2, 0) is 13.2 Å². The molecule has 2 aromatic rings. The number of nitrogens with one attached hydrogen (secondary N) is 1. The van der Waals surface area contributed by atoms with Gasteiger partial charge in [-0.3, -0.25) is 0 Å². The number of para-hydroxylation sites is 1. The number of aromatic nitrogens is 1. The minimum Gasteiger partial charge on any atom is -0.486 e. The van der Waals surface area contributed by atoms with Gasteiger partial charge in [-0.05, 0) is 19.9 Å². The van der Waals surface area contributed by atoms with Crippen molar-refractivity contribution >= 4 is 11.3 Å². The zero-order valence-corrected chi connectivity index (χ0v) is 13.4. The van der Waals surface area contributed by atoms with Crippen LogP contribution in [0, 0.1) is 13.8 Å². The molecule has 0 unspecified atom stereocenters. The monoisotopic (exact) mass is 290 g/mol. The van der Waals surface area contributed by atoms with Gasteiger partial charge >= 0.3 is 0 Å². The van der Waals surface area contributed by atoms with Crippen LogP contribution in [-0.4, -0.2) is 11.0 Å². The van der Waals surface area contributed by atoms with E-state index in [0.29, 0.717) is 12.6 Å². The van der Waals surface area contributed by atoms with Gasteiger partial charge in [-0.15, -0.1) is 11.3 Å². The molecule has 0 aliphatic rings. The molecule has 1 N–H and O–H groups in total. The Labute approximate surface area is 125 Å². The van der Waals surface area contributed by atoms with Gasteiger partial charge in [0.05, 0.1) is 5.69 Å². The smallest absolute Gasteiger partial charge is 0.140 e. The van der Waals surface area contributed by atoms with Gasteiger partial charge in [0.2, 0.25) is 0 Å².